The fraction of sp³-hybridized carbons (Fsp3) is 0.143. The van der Waals surface area contributed by atoms with Crippen molar-refractivity contribution in [2.24, 2.45) is 0 Å². The molecule has 0 atom stereocenters. The van der Waals surface area contributed by atoms with Gasteiger partial charge in [-0.2, -0.15) is 0 Å². The zero-order chi connectivity index (χ0) is 13.8. The molecule has 0 amide bonds. The smallest absolute Gasteiger partial charge is 0.142 e. The first kappa shape index (κ1) is 13.8. The van der Waals surface area contributed by atoms with E-state index in [9.17, 15) is 8.78 Å². The first-order chi connectivity index (χ1) is 9.10. The molecule has 0 radical (unpaired) electrons. The Hall–Kier alpha value is -1.65. The van der Waals surface area contributed by atoms with Gasteiger partial charge in [0, 0.05) is 5.56 Å². The number of aliphatic hydroxyl groups is 1. The van der Waals surface area contributed by atoms with Crippen molar-refractivity contribution in [2.45, 2.75) is 13.2 Å². The summed E-state index contributed by atoms with van der Waals surface area (Å²) >= 11 is 5.57. The minimum atomic E-state index is -0.524. The molecule has 2 aromatic rings. The molecule has 0 heterocycles. The Kier molecular flexibility index (Phi) is 4.35. The molecule has 0 saturated heterocycles. The number of aliphatic hydroxyl groups excluding tert-OH is 1. The lowest BCUT2D eigenvalue weighted by Gasteiger charge is -2.10. The summed E-state index contributed by atoms with van der Waals surface area (Å²) in [6.07, 6.45) is 0. The van der Waals surface area contributed by atoms with Gasteiger partial charge in [-0.1, -0.05) is 17.7 Å². The molecule has 0 saturated carbocycles. The Bertz CT molecular complexity index is 588. The summed E-state index contributed by atoms with van der Waals surface area (Å²) in [6.45, 7) is -0.227. The minimum absolute atomic E-state index is 0.0431. The Morgan fingerprint density at radius 3 is 2.58 bits per heavy atom. The van der Waals surface area contributed by atoms with Crippen LogP contribution >= 0.6 is 11.6 Å². The van der Waals surface area contributed by atoms with Crippen molar-refractivity contribution in [3.8, 4) is 5.75 Å². The lowest BCUT2D eigenvalue weighted by atomic mass is 10.2. The van der Waals surface area contributed by atoms with Crippen LogP contribution in [0, 0.1) is 11.6 Å². The van der Waals surface area contributed by atoms with Crippen molar-refractivity contribution in [3.05, 3.63) is 64.2 Å². The van der Waals surface area contributed by atoms with Crippen molar-refractivity contribution in [2.75, 3.05) is 0 Å². The summed E-state index contributed by atoms with van der Waals surface area (Å²) < 4.78 is 31.6. The van der Waals surface area contributed by atoms with Crippen molar-refractivity contribution in [3.63, 3.8) is 0 Å². The second-order valence-corrected chi connectivity index (χ2v) is 4.35. The molecule has 0 aliphatic heterocycles. The molecular weight excluding hydrogens is 274 g/mol. The third-order valence-corrected chi connectivity index (χ3v) is 2.88. The molecule has 0 aromatic heterocycles. The van der Waals surface area contributed by atoms with Gasteiger partial charge in [-0.05, 0) is 35.9 Å². The van der Waals surface area contributed by atoms with Gasteiger partial charge in [0.25, 0.3) is 0 Å². The Morgan fingerprint density at radius 2 is 1.89 bits per heavy atom. The lowest BCUT2D eigenvalue weighted by Crippen LogP contribution is -2.00. The molecule has 5 heteroatoms. The summed E-state index contributed by atoms with van der Waals surface area (Å²) in [4.78, 5) is 0. The molecule has 0 aliphatic rings. The normalized spacial score (nSPS) is 10.5. The predicted molar refractivity (Wildman–Crippen MR) is 68.1 cm³/mol. The average Bonchev–Trinajstić information content (AvgIpc) is 2.41. The van der Waals surface area contributed by atoms with Crippen LogP contribution in [-0.2, 0) is 13.2 Å². The summed E-state index contributed by atoms with van der Waals surface area (Å²) in [5.41, 5.74) is 0.935. The van der Waals surface area contributed by atoms with E-state index in [-0.39, 0.29) is 18.2 Å². The maximum Gasteiger partial charge on any atom is 0.142 e. The van der Waals surface area contributed by atoms with E-state index in [1.807, 2.05) is 0 Å². The van der Waals surface area contributed by atoms with Crippen molar-refractivity contribution in [1.29, 1.82) is 0 Å². The summed E-state index contributed by atoms with van der Waals surface area (Å²) in [5.74, 6) is -0.613. The number of halogens is 3. The fourth-order valence-electron chi connectivity index (χ4n) is 1.60. The maximum absolute atomic E-state index is 13.2. The number of hydrogen-bond donors (Lipinski definition) is 1. The van der Waals surface area contributed by atoms with Crippen LogP contribution in [0.1, 0.15) is 11.1 Å². The average molecular weight is 285 g/mol. The molecular formula is C14H11ClF2O2. The van der Waals surface area contributed by atoms with Crippen molar-refractivity contribution >= 4 is 11.6 Å². The van der Waals surface area contributed by atoms with Crippen LogP contribution < -0.4 is 4.74 Å². The Morgan fingerprint density at radius 1 is 1.11 bits per heavy atom. The fourth-order valence-corrected chi connectivity index (χ4v) is 1.72. The van der Waals surface area contributed by atoms with Gasteiger partial charge in [-0.25, -0.2) is 8.78 Å². The second-order valence-electron chi connectivity index (χ2n) is 3.95. The van der Waals surface area contributed by atoms with Gasteiger partial charge in [-0.15, -0.1) is 0 Å². The van der Waals surface area contributed by atoms with E-state index < -0.39 is 11.6 Å². The largest absolute Gasteiger partial charge is 0.489 e. The van der Waals surface area contributed by atoms with Crippen LogP contribution in [0.5, 0.6) is 5.75 Å². The first-order valence-electron chi connectivity index (χ1n) is 5.56. The SMILES string of the molecule is OCc1cc(F)ccc1OCc1ccc(Cl)c(F)c1. The van der Waals surface area contributed by atoms with Gasteiger partial charge >= 0.3 is 0 Å². The molecule has 100 valence electrons. The molecule has 2 rings (SSSR count). The monoisotopic (exact) mass is 284 g/mol. The molecule has 0 fully saturated rings. The molecule has 0 bridgehead atoms. The molecule has 1 N–H and O–H groups in total. The second kappa shape index (κ2) is 5.99. The quantitative estimate of drug-likeness (QED) is 0.928. The van der Waals surface area contributed by atoms with E-state index in [0.717, 1.165) is 0 Å². The van der Waals surface area contributed by atoms with Gasteiger partial charge in [0.1, 0.15) is 24.0 Å². The Labute approximate surface area is 114 Å². The molecule has 0 spiro atoms. The number of benzene rings is 2. The number of rotatable bonds is 4. The third kappa shape index (κ3) is 3.43. The van der Waals surface area contributed by atoms with E-state index in [0.29, 0.717) is 16.9 Å². The number of ether oxygens (including phenoxy) is 1. The molecule has 2 aromatic carbocycles. The summed E-state index contributed by atoms with van der Waals surface area (Å²) in [6, 6.07) is 8.19. The van der Waals surface area contributed by atoms with Gasteiger partial charge in [0.05, 0.1) is 11.6 Å². The Balaban J connectivity index is 2.12. The zero-order valence-electron chi connectivity index (χ0n) is 9.87. The maximum atomic E-state index is 13.2. The lowest BCUT2D eigenvalue weighted by molar-refractivity contribution is 0.258. The van der Waals surface area contributed by atoms with E-state index in [2.05, 4.69) is 0 Å². The van der Waals surface area contributed by atoms with Crippen molar-refractivity contribution in [1.82, 2.24) is 0 Å². The highest BCUT2D eigenvalue weighted by molar-refractivity contribution is 6.30. The van der Waals surface area contributed by atoms with E-state index in [1.54, 1.807) is 6.07 Å². The summed E-state index contributed by atoms with van der Waals surface area (Å²) in [5, 5.41) is 9.14. The van der Waals surface area contributed by atoms with E-state index >= 15 is 0 Å². The van der Waals surface area contributed by atoms with E-state index in [4.69, 9.17) is 21.4 Å². The van der Waals surface area contributed by atoms with Gasteiger partial charge in [0.2, 0.25) is 0 Å². The highest BCUT2D eigenvalue weighted by atomic mass is 35.5. The van der Waals surface area contributed by atoms with E-state index in [1.165, 1.54) is 30.3 Å². The first-order valence-corrected chi connectivity index (χ1v) is 5.94. The van der Waals surface area contributed by atoms with Gasteiger partial charge in [0.15, 0.2) is 0 Å². The van der Waals surface area contributed by atoms with Crippen LogP contribution in [0.2, 0.25) is 5.02 Å². The molecule has 0 unspecified atom stereocenters. The van der Waals surface area contributed by atoms with Crippen LogP contribution in [0.3, 0.4) is 0 Å². The van der Waals surface area contributed by atoms with Crippen LogP contribution in [0.15, 0.2) is 36.4 Å². The highest BCUT2D eigenvalue weighted by Gasteiger charge is 2.06. The summed E-state index contributed by atoms with van der Waals surface area (Å²) in [7, 11) is 0. The van der Waals surface area contributed by atoms with Gasteiger partial charge < -0.3 is 9.84 Å². The molecule has 0 aliphatic carbocycles. The number of hydrogen-bond acceptors (Lipinski definition) is 2. The standard InChI is InChI=1S/C14H11ClF2O2/c15-12-3-1-9(5-13(12)17)8-19-14-4-2-11(16)6-10(14)7-18/h1-6,18H,7-8H2. The highest BCUT2D eigenvalue weighted by Crippen LogP contribution is 2.22. The van der Waals surface area contributed by atoms with Crippen LogP contribution in [-0.4, -0.2) is 5.11 Å². The van der Waals surface area contributed by atoms with Crippen molar-refractivity contribution < 1.29 is 18.6 Å². The third-order valence-electron chi connectivity index (χ3n) is 2.57. The zero-order valence-corrected chi connectivity index (χ0v) is 10.6. The topological polar surface area (TPSA) is 29.5 Å². The predicted octanol–water partition coefficient (Wildman–Crippen LogP) is 3.69. The molecule has 19 heavy (non-hydrogen) atoms. The molecule has 2 nitrogen and oxygen atoms in total. The minimum Gasteiger partial charge on any atom is -0.489 e. The van der Waals surface area contributed by atoms with Crippen LogP contribution in [0.4, 0.5) is 8.78 Å². The van der Waals surface area contributed by atoms with Gasteiger partial charge in [-0.3, -0.25) is 0 Å². The van der Waals surface area contributed by atoms with Crippen LogP contribution in [0.25, 0.3) is 0 Å².